The average Bonchev–Trinajstić information content (AvgIpc) is 2.54. The first-order chi connectivity index (χ1) is 10.4. The Kier molecular flexibility index (Phi) is 5.01. The van der Waals surface area contributed by atoms with Crippen LogP contribution in [0.5, 0.6) is 0 Å². The van der Waals surface area contributed by atoms with Crippen LogP contribution in [-0.2, 0) is 23.1 Å². The third kappa shape index (κ3) is 3.06. The van der Waals surface area contributed by atoms with Crippen LogP contribution in [0.1, 0.15) is 18.1 Å². The highest BCUT2D eigenvalue weighted by atomic mass is 32.2. The molecule has 0 saturated heterocycles. The fraction of sp³-hybridized carbons (Fsp3) is 0.294. The van der Waals surface area contributed by atoms with Crippen LogP contribution in [0.2, 0.25) is 0 Å². The fourth-order valence-electron chi connectivity index (χ4n) is 2.37. The summed E-state index contributed by atoms with van der Waals surface area (Å²) < 4.78 is 26.2. The number of aliphatic hydroxyl groups excluding tert-OH is 1. The van der Waals surface area contributed by atoms with E-state index in [0.717, 1.165) is 23.1 Å². The minimum absolute atomic E-state index is 0.125. The van der Waals surface area contributed by atoms with E-state index < -0.39 is 10.0 Å². The topological polar surface area (TPSA) is 57.6 Å². The number of aryl methyl sites for hydroxylation is 1. The highest BCUT2D eigenvalue weighted by molar-refractivity contribution is 7.89. The quantitative estimate of drug-likeness (QED) is 0.922. The first kappa shape index (κ1) is 16.7. The molecule has 2 rings (SSSR count). The number of sulfonamides is 1. The fourth-order valence-corrected chi connectivity index (χ4v) is 3.47. The van der Waals surface area contributed by atoms with Crippen molar-refractivity contribution in [3.8, 4) is 11.1 Å². The number of rotatable bonds is 5. The van der Waals surface area contributed by atoms with E-state index in [1.165, 1.54) is 18.4 Å². The van der Waals surface area contributed by atoms with Crippen molar-refractivity contribution in [1.29, 1.82) is 0 Å². The van der Waals surface area contributed by atoms with Crippen molar-refractivity contribution in [2.45, 2.75) is 24.8 Å². The van der Waals surface area contributed by atoms with Crippen LogP contribution in [0.3, 0.4) is 0 Å². The molecule has 0 aliphatic carbocycles. The molecular formula is C17H21NO3S. The normalized spacial score (nSPS) is 11.9. The van der Waals surface area contributed by atoms with E-state index in [0.29, 0.717) is 5.56 Å². The Balaban J connectivity index is 2.70. The predicted octanol–water partition coefficient (Wildman–Crippen LogP) is 2.66. The number of hydrogen-bond donors (Lipinski definition) is 1. The summed E-state index contributed by atoms with van der Waals surface area (Å²) >= 11 is 0. The summed E-state index contributed by atoms with van der Waals surface area (Å²) in [6.45, 7) is 1.92. The molecule has 0 fully saturated rings. The lowest BCUT2D eigenvalue weighted by molar-refractivity contribution is 0.282. The predicted molar refractivity (Wildman–Crippen MR) is 88.1 cm³/mol. The lowest BCUT2D eigenvalue weighted by atomic mass is 9.97. The van der Waals surface area contributed by atoms with Gasteiger partial charge in [0.05, 0.1) is 11.5 Å². The van der Waals surface area contributed by atoms with Gasteiger partial charge in [-0.1, -0.05) is 43.3 Å². The Labute approximate surface area is 132 Å². The van der Waals surface area contributed by atoms with E-state index in [1.54, 1.807) is 24.3 Å². The minimum Gasteiger partial charge on any atom is -0.392 e. The molecule has 1 N–H and O–H groups in total. The van der Waals surface area contributed by atoms with Gasteiger partial charge in [0.25, 0.3) is 0 Å². The molecule has 4 nitrogen and oxygen atoms in total. The highest BCUT2D eigenvalue weighted by Gasteiger charge is 2.22. The van der Waals surface area contributed by atoms with Gasteiger partial charge in [-0.15, -0.1) is 0 Å². The number of benzene rings is 2. The highest BCUT2D eigenvalue weighted by Crippen LogP contribution is 2.32. The molecule has 0 aromatic heterocycles. The van der Waals surface area contributed by atoms with Crippen molar-refractivity contribution in [1.82, 2.24) is 4.31 Å². The zero-order valence-electron chi connectivity index (χ0n) is 13.1. The molecule has 0 saturated carbocycles. The molecule has 0 unspecified atom stereocenters. The molecule has 118 valence electrons. The van der Waals surface area contributed by atoms with Gasteiger partial charge in [0.1, 0.15) is 0 Å². The summed E-state index contributed by atoms with van der Waals surface area (Å²) in [5, 5.41) is 9.64. The van der Waals surface area contributed by atoms with Crippen LogP contribution >= 0.6 is 0 Å². The molecule has 0 bridgehead atoms. The number of hydrogen-bond acceptors (Lipinski definition) is 3. The molecule has 0 aliphatic rings. The van der Waals surface area contributed by atoms with Crippen LogP contribution in [0.4, 0.5) is 0 Å². The smallest absolute Gasteiger partial charge is 0.243 e. The Morgan fingerprint density at radius 1 is 1.05 bits per heavy atom. The first-order valence-corrected chi connectivity index (χ1v) is 8.60. The van der Waals surface area contributed by atoms with E-state index in [4.69, 9.17) is 0 Å². The summed E-state index contributed by atoms with van der Waals surface area (Å²) in [5.41, 5.74) is 3.21. The van der Waals surface area contributed by atoms with Crippen LogP contribution in [-0.4, -0.2) is 31.9 Å². The van der Waals surface area contributed by atoms with E-state index in [9.17, 15) is 13.5 Å². The van der Waals surface area contributed by atoms with E-state index in [-0.39, 0.29) is 11.5 Å². The van der Waals surface area contributed by atoms with Crippen molar-refractivity contribution < 1.29 is 13.5 Å². The zero-order valence-corrected chi connectivity index (χ0v) is 13.9. The standard InChI is InChI=1S/C17H21NO3S/c1-4-13-9-10-15(14(11-13)12-19)16-7-5-6-8-17(16)22(20,21)18(2)3/h5-11,19H,4,12H2,1-3H3. The average molecular weight is 319 g/mol. The third-order valence-corrected chi connectivity index (χ3v) is 5.56. The molecule has 5 heteroatoms. The maximum atomic E-state index is 12.5. The maximum Gasteiger partial charge on any atom is 0.243 e. The van der Waals surface area contributed by atoms with Crippen molar-refractivity contribution >= 4 is 10.0 Å². The maximum absolute atomic E-state index is 12.5. The number of nitrogens with zero attached hydrogens (tertiary/aromatic N) is 1. The second-order valence-electron chi connectivity index (χ2n) is 5.29. The van der Waals surface area contributed by atoms with Gasteiger partial charge in [-0.05, 0) is 29.2 Å². The van der Waals surface area contributed by atoms with Crippen molar-refractivity contribution in [2.75, 3.05) is 14.1 Å². The lowest BCUT2D eigenvalue weighted by Gasteiger charge is -2.17. The van der Waals surface area contributed by atoms with Gasteiger partial charge in [0, 0.05) is 19.7 Å². The van der Waals surface area contributed by atoms with Crippen molar-refractivity contribution in [3.63, 3.8) is 0 Å². The van der Waals surface area contributed by atoms with Gasteiger partial charge < -0.3 is 5.11 Å². The summed E-state index contributed by atoms with van der Waals surface area (Å²) in [7, 11) is -0.518. The molecule has 2 aromatic carbocycles. The zero-order chi connectivity index (χ0) is 16.3. The van der Waals surface area contributed by atoms with E-state index >= 15 is 0 Å². The van der Waals surface area contributed by atoms with E-state index in [2.05, 4.69) is 0 Å². The van der Waals surface area contributed by atoms with Gasteiger partial charge in [-0.25, -0.2) is 12.7 Å². The second kappa shape index (κ2) is 6.60. The third-order valence-electron chi connectivity index (χ3n) is 3.68. The monoisotopic (exact) mass is 319 g/mol. The van der Waals surface area contributed by atoms with Gasteiger partial charge >= 0.3 is 0 Å². The summed E-state index contributed by atoms with van der Waals surface area (Å²) in [6.07, 6.45) is 0.866. The molecule has 22 heavy (non-hydrogen) atoms. The molecule has 0 amide bonds. The molecular weight excluding hydrogens is 298 g/mol. The van der Waals surface area contributed by atoms with Gasteiger partial charge in [0.15, 0.2) is 0 Å². The van der Waals surface area contributed by atoms with Crippen LogP contribution in [0, 0.1) is 0 Å². The summed E-state index contributed by atoms with van der Waals surface area (Å²) in [6, 6.07) is 12.7. The molecule has 0 atom stereocenters. The lowest BCUT2D eigenvalue weighted by Crippen LogP contribution is -2.22. The largest absolute Gasteiger partial charge is 0.392 e. The van der Waals surface area contributed by atoms with Gasteiger partial charge in [-0.2, -0.15) is 0 Å². The van der Waals surface area contributed by atoms with Crippen LogP contribution in [0.25, 0.3) is 11.1 Å². The molecule has 2 aromatic rings. The Hall–Kier alpha value is -1.69. The molecule has 0 radical (unpaired) electrons. The summed E-state index contributed by atoms with van der Waals surface area (Å²) in [5.74, 6) is 0. The van der Waals surface area contributed by atoms with Crippen molar-refractivity contribution in [3.05, 3.63) is 53.6 Å². The Morgan fingerprint density at radius 2 is 1.73 bits per heavy atom. The molecule has 0 aliphatic heterocycles. The Bertz CT molecular complexity index is 767. The van der Waals surface area contributed by atoms with Gasteiger partial charge in [0.2, 0.25) is 10.0 Å². The first-order valence-electron chi connectivity index (χ1n) is 7.16. The minimum atomic E-state index is -3.54. The van der Waals surface area contributed by atoms with Crippen LogP contribution < -0.4 is 0 Å². The van der Waals surface area contributed by atoms with Crippen molar-refractivity contribution in [2.24, 2.45) is 0 Å². The SMILES string of the molecule is CCc1ccc(-c2ccccc2S(=O)(=O)N(C)C)c(CO)c1. The summed E-state index contributed by atoms with van der Waals surface area (Å²) in [4.78, 5) is 0.249. The molecule has 0 heterocycles. The Morgan fingerprint density at radius 3 is 2.32 bits per heavy atom. The van der Waals surface area contributed by atoms with Gasteiger partial charge in [-0.3, -0.25) is 0 Å². The van der Waals surface area contributed by atoms with Crippen LogP contribution in [0.15, 0.2) is 47.4 Å². The van der Waals surface area contributed by atoms with E-state index in [1.807, 2.05) is 25.1 Å². The molecule has 0 spiro atoms. The number of aliphatic hydroxyl groups is 1. The second-order valence-corrected chi connectivity index (χ2v) is 7.41.